The van der Waals surface area contributed by atoms with E-state index < -0.39 is 30.0 Å². The first-order valence-corrected chi connectivity index (χ1v) is 7.27. The Hall–Kier alpha value is -3.20. The van der Waals surface area contributed by atoms with Gasteiger partial charge in [0.25, 0.3) is 5.91 Å². The second-order valence-corrected chi connectivity index (χ2v) is 4.92. The SMILES string of the molecule is O=C(COC(=O)COc1ccccc1[N+](=O)[O-])Nc1cccnc1Cl. The third-order valence-electron chi connectivity index (χ3n) is 2.80. The van der Waals surface area contributed by atoms with Crippen molar-refractivity contribution < 1.29 is 24.0 Å². The fraction of sp³-hybridized carbons (Fsp3) is 0.133. The maximum Gasteiger partial charge on any atom is 0.344 e. The number of nitrogens with one attached hydrogen (secondary N) is 1. The van der Waals surface area contributed by atoms with Crippen LogP contribution in [0.25, 0.3) is 0 Å². The molecule has 1 heterocycles. The molecule has 0 aliphatic rings. The van der Waals surface area contributed by atoms with Gasteiger partial charge >= 0.3 is 11.7 Å². The van der Waals surface area contributed by atoms with Gasteiger partial charge in [0.05, 0.1) is 10.6 Å². The monoisotopic (exact) mass is 365 g/mol. The number of amides is 1. The Morgan fingerprint density at radius 1 is 1.20 bits per heavy atom. The lowest BCUT2D eigenvalue weighted by Gasteiger charge is -2.08. The minimum Gasteiger partial charge on any atom is -0.475 e. The van der Waals surface area contributed by atoms with Crippen LogP contribution in [0.15, 0.2) is 42.6 Å². The van der Waals surface area contributed by atoms with Gasteiger partial charge in [-0.25, -0.2) is 9.78 Å². The molecule has 1 aromatic heterocycles. The third kappa shape index (κ3) is 5.43. The molecular formula is C15H12ClN3O6. The number of rotatable bonds is 7. The van der Waals surface area contributed by atoms with Gasteiger partial charge in [-0.3, -0.25) is 14.9 Å². The number of hydrogen-bond donors (Lipinski definition) is 1. The first kappa shape index (κ1) is 18.1. The maximum atomic E-state index is 11.7. The summed E-state index contributed by atoms with van der Waals surface area (Å²) >= 11 is 5.78. The Balaban J connectivity index is 1.80. The van der Waals surface area contributed by atoms with Crippen LogP contribution in [0.2, 0.25) is 5.15 Å². The van der Waals surface area contributed by atoms with Crippen LogP contribution in [0.1, 0.15) is 0 Å². The number of halogens is 1. The number of nitrogens with zero attached hydrogens (tertiary/aromatic N) is 2. The molecule has 0 aliphatic carbocycles. The van der Waals surface area contributed by atoms with Crippen molar-refractivity contribution in [2.75, 3.05) is 18.5 Å². The zero-order valence-corrected chi connectivity index (χ0v) is 13.4. The third-order valence-corrected chi connectivity index (χ3v) is 3.11. The average molecular weight is 366 g/mol. The first-order chi connectivity index (χ1) is 12.0. The lowest BCUT2D eigenvalue weighted by atomic mass is 10.3. The van der Waals surface area contributed by atoms with Gasteiger partial charge in [0, 0.05) is 12.3 Å². The number of para-hydroxylation sites is 2. The number of pyridine rings is 1. The average Bonchev–Trinajstić information content (AvgIpc) is 2.60. The van der Waals surface area contributed by atoms with E-state index in [1.807, 2.05) is 0 Å². The molecule has 0 spiro atoms. The van der Waals surface area contributed by atoms with Crippen LogP contribution in [0.3, 0.4) is 0 Å². The summed E-state index contributed by atoms with van der Waals surface area (Å²) in [6.07, 6.45) is 1.46. The van der Waals surface area contributed by atoms with Crippen LogP contribution in [0, 0.1) is 10.1 Å². The van der Waals surface area contributed by atoms with Crippen LogP contribution in [0.4, 0.5) is 11.4 Å². The van der Waals surface area contributed by atoms with E-state index in [1.165, 1.54) is 36.5 Å². The van der Waals surface area contributed by atoms with E-state index in [1.54, 1.807) is 6.07 Å². The van der Waals surface area contributed by atoms with Crippen LogP contribution in [-0.4, -0.2) is 35.0 Å². The molecule has 0 bridgehead atoms. The van der Waals surface area contributed by atoms with E-state index in [0.29, 0.717) is 0 Å². The molecule has 0 aliphatic heterocycles. The van der Waals surface area contributed by atoms with Crippen LogP contribution in [0.5, 0.6) is 5.75 Å². The maximum absolute atomic E-state index is 11.7. The Morgan fingerprint density at radius 3 is 2.68 bits per heavy atom. The van der Waals surface area contributed by atoms with E-state index in [2.05, 4.69) is 10.3 Å². The molecule has 1 aromatic carbocycles. The molecule has 1 amide bonds. The van der Waals surface area contributed by atoms with E-state index in [9.17, 15) is 19.7 Å². The fourth-order valence-electron chi connectivity index (χ4n) is 1.72. The number of hydrogen-bond acceptors (Lipinski definition) is 7. The van der Waals surface area contributed by atoms with Gasteiger partial charge in [-0.05, 0) is 18.2 Å². The second kappa shape index (κ2) is 8.60. The van der Waals surface area contributed by atoms with E-state index in [4.69, 9.17) is 21.1 Å². The zero-order chi connectivity index (χ0) is 18.2. The molecule has 0 fully saturated rings. The lowest BCUT2D eigenvalue weighted by molar-refractivity contribution is -0.385. The van der Waals surface area contributed by atoms with Gasteiger partial charge in [-0.2, -0.15) is 0 Å². The molecule has 2 rings (SSSR count). The number of benzene rings is 1. The van der Waals surface area contributed by atoms with E-state index >= 15 is 0 Å². The largest absolute Gasteiger partial charge is 0.475 e. The Bertz CT molecular complexity index is 798. The molecule has 2 aromatic rings. The Labute approximate surface area is 146 Å². The highest BCUT2D eigenvalue weighted by Crippen LogP contribution is 2.25. The molecule has 9 nitrogen and oxygen atoms in total. The van der Waals surface area contributed by atoms with E-state index in [0.717, 1.165) is 0 Å². The number of aromatic nitrogens is 1. The Morgan fingerprint density at radius 2 is 1.96 bits per heavy atom. The summed E-state index contributed by atoms with van der Waals surface area (Å²) in [4.78, 5) is 37.2. The number of carbonyl (C=O) groups excluding carboxylic acids is 2. The number of esters is 1. The second-order valence-electron chi connectivity index (χ2n) is 4.56. The quantitative estimate of drug-likeness (QED) is 0.345. The summed E-state index contributed by atoms with van der Waals surface area (Å²) in [6, 6.07) is 8.70. The summed E-state index contributed by atoms with van der Waals surface area (Å²) in [6.45, 7) is -1.14. The molecule has 130 valence electrons. The Kier molecular flexibility index (Phi) is 6.24. The topological polar surface area (TPSA) is 121 Å². The van der Waals surface area contributed by atoms with Gasteiger partial charge in [0.15, 0.2) is 24.1 Å². The van der Waals surface area contributed by atoms with Gasteiger partial charge in [0.1, 0.15) is 0 Å². The summed E-state index contributed by atoms with van der Waals surface area (Å²) in [5.41, 5.74) is 0.000591. The smallest absolute Gasteiger partial charge is 0.344 e. The minimum absolute atomic E-state index is 0.0731. The molecule has 0 unspecified atom stereocenters. The van der Waals surface area contributed by atoms with Gasteiger partial charge in [-0.1, -0.05) is 23.7 Å². The molecular weight excluding hydrogens is 354 g/mol. The molecule has 10 heteroatoms. The predicted molar refractivity (Wildman–Crippen MR) is 87.4 cm³/mol. The van der Waals surface area contributed by atoms with Crippen molar-refractivity contribution >= 4 is 34.9 Å². The summed E-state index contributed by atoms with van der Waals surface area (Å²) in [7, 11) is 0. The van der Waals surface area contributed by atoms with E-state index in [-0.39, 0.29) is 22.3 Å². The van der Waals surface area contributed by atoms with Crippen molar-refractivity contribution in [1.82, 2.24) is 4.98 Å². The summed E-state index contributed by atoms with van der Waals surface area (Å²) in [5.74, 6) is -1.55. The van der Waals surface area contributed by atoms with Crippen molar-refractivity contribution in [1.29, 1.82) is 0 Å². The van der Waals surface area contributed by atoms with Gasteiger partial charge < -0.3 is 14.8 Å². The highest BCUT2D eigenvalue weighted by Gasteiger charge is 2.16. The van der Waals surface area contributed by atoms with Crippen LogP contribution < -0.4 is 10.1 Å². The van der Waals surface area contributed by atoms with Crippen LogP contribution >= 0.6 is 11.6 Å². The fourth-order valence-corrected chi connectivity index (χ4v) is 1.89. The van der Waals surface area contributed by atoms with Gasteiger partial charge in [0.2, 0.25) is 0 Å². The molecule has 0 radical (unpaired) electrons. The summed E-state index contributed by atoms with van der Waals surface area (Å²) < 4.78 is 9.78. The van der Waals surface area contributed by atoms with Crippen molar-refractivity contribution in [3.05, 3.63) is 57.9 Å². The number of carbonyl (C=O) groups is 2. The number of nitro benzene ring substituents is 1. The molecule has 0 saturated carbocycles. The molecule has 0 atom stereocenters. The summed E-state index contributed by atoms with van der Waals surface area (Å²) in [5, 5.41) is 13.3. The molecule has 0 saturated heterocycles. The lowest BCUT2D eigenvalue weighted by Crippen LogP contribution is -2.24. The van der Waals surface area contributed by atoms with Crippen LogP contribution in [-0.2, 0) is 14.3 Å². The first-order valence-electron chi connectivity index (χ1n) is 6.89. The normalized spacial score (nSPS) is 9.96. The predicted octanol–water partition coefficient (Wildman–Crippen LogP) is 2.20. The minimum atomic E-state index is -0.856. The zero-order valence-electron chi connectivity index (χ0n) is 12.7. The number of nitro groups is 1. The van der Waals surface area contributed by atoms with Crippen molar-refractivity contribution in [2.24, 2.45) is 0 Å². The number of anilines is 1. The van der Waals surface area contributed by atoms with Crippen molar-refractivity contribution in [3.8, 4) is 5.75 Å². The highest BCUT2D eigenvalue weighted by atomic mass is 35.5. The van der Waals surface area contributed by atoms with Crippen molar-refractivity contribution in [2.45, 2.75) is 0 Å². The molecule has 25 heavy (non-hydrogen) atoms. The van der Waals surface area contributed by atoms with Crippen molar-refractivity contribution in [3.63, 3.8) is 0 Å². The highest BCUT2D eigenvalue weighted by molar-refractivity contribution is 6.32. The van der Waals surface area contributed by atoms with Gasteiger partial charge in [-0.15, -0.1) is 0 Å². The number of ether oxygens (including phenoxy) is 2. The standard InChI is InChI=1S/C15H12ClN3O6/c16-15-10(4-3-7-17-15)18-13(20)8-25-14(21)9-24-12-6-2-1-5-11(12)19(22)23/h1-7H,8-9H2,(H,18,20). The molecule has 1 N–H and O–H groups in total.